The Balaban J connectivity index is 1.72. The van der Waals surface area contributed by atoms with Crippen molar-refractivity contribution in [2.24, 2.45) is 0 Å². The number of aryl methyl sites for hydroxylation is 2. The lowest BCUT2D eigenvalue weighted by atomic mass is 10.2. The molecule has 21 heavy (non-hydrogen) atoms. The predicted molar refractivity (Wildman–Crippen MR) is 89.8 cm³/mol. The highest BCUT2D eigenvalue weighted by molar-refractivity contribution is 7.12. The summed E-state index contributed by atoms with van der Waals surface area (Å²) in [6.45, 7) is 4.07. The summed E-state index contributed by atoms with van der Waals surface area (Å²) >= 11 is 1.67. The van der Waals surface area contributed by atoms with Crippen LogP contribution in [-0.2, 0) is 4.79 Å². The minimum Gasteiger partial charge on any atom is -0.359 e. The number of amides is 1. The van der Waals surface area contributed by atoms with E-state index >= 15 is 0 Å². The number of nitrogens with one attached hydrogen (secondary N) is 2. The summed E-state index contributed by atoms with van der Waals surface area (Å²) in [6, 6.07) is 12.0. The first-order chi connectivity index (χ1) is 10.1. The number of fused-ring (bicyclic) bond motifs is 1. The second kappa shape index (κ2) is 5.58. The van der Waals surface area contributed by atoms with Crippen LogP contribution in [0.15, 0.2) is 42.5 Å². The minimum absolute atomic E-state index is 0.118. The number of carbonyl (C=O) groups excluding carboxylic acids is 1. The molecule has 0 aliphatic rings. The van der Waals surface area contributed by atoms with E-state index in [9.17, 15) is 4.79 Å². The van der Waals surface area contributed by atoms with Crippen LogP contribution in [0, 0.1) is 13.8 Å². The number of aromatic nitrogens is 1. The van der Waals surface area contributed by atoms with Crippen molar-refractivity contribution in [3.8, 4) is 0 Å². The molecule has 3 rings (SSSR count). The molecule has 0 saturated carbocycles. The highest BCUT2D eigenvalue weighted by Gasteiger charge is 2.02. The van der Waals surface area contributed by atoms with Gasteiger partial charge in [-0.05, 0) is 56.3 Å². The zero-order valence-corrected chi connectivity index (χ0v) is 12.8. The van der Waals surface area contributed by atoms with E-state index in [-0.39, 0.29) is 5.91 Å². The standard InChI is InChI=1S/C17H16N2OS/c1-11-9-13-10-14(4-7-16(13)18-11)19-17(20)8-6-15-5-3-12(2)21-15/h3-10,18H,1-2H3,(H,19,20). The molecule has 3 aromatic rings. The number of hydrogen-bond donors (Lipinski definition) is 2. The van der Waals surface area contributed by atoms with Gasteiger partial charge in [0.2, 0.25) is 5.91 Å². The van der Waals surface area contributed by atoms with Crippen LogP contribution in [0.3, 0.4) is 0 Å². The quantitative estimate of drug-likeness (QED) is 0.687. The van der Waals surface area contributed by atoms with Gasteiger partial charge in [-0.15, -0.1) is 11.3 Å². The van der Waals surface area contributed by atoms with Gasteiger partial charge in [0.05, 0.1) is 0 Å². The van der Waals surface area contributed by atoms with Crippen LogP contribution in [0.4, 0.5) is 5.69 Å². The van der Waals surface area contributed by atoms with Gasteiger partial charge in [-0.25, -0.2) is 0 Å². The smallest absolute Gasteiger partial charge is 0.248 e. The maximum Gasteiger partial charge on any atom is 0.248 e. The Hall–Kier alpha value is -2.33. The van der Waals surface area contributed by atoms with Crippen LogP contribution >= 0.6 is 11.3 Å². The minimum atomic E-state index is -0.118. The van der Waals surface area contributed by atoms with Gasteiger partial charge < -0.3 is 10.3 Å². The van der Waals surface area contributed by atoms with Crippen LogP contribution in [0.1, 0.15) is 15.4 Å². The molecular formula is C17H16N2OS. The first kappa shape index (κ1) is 13.6. The monoisotopic (exact) mass is 296 g/mol. The van der Waals surface area contributed by atoms with Crippen molar-refractivity contribution in [3.63, 3.8) is 0 Å². The Morgan fingerprint density at radius 1 is 1.19 bits per heavy atom. The van der Waals surface area contributed by atoms with Crippen molar-refractivity contribution in [3.05, 3.63) is 57.9 Å². The number of anilines is 1. The van der Waals surface area contributed by atoms with Gasteiger partial charge in [-0.3, -0.25) is 4.79 Å². The molecule has 2 heterocycles. The van der Waals surface area contributed by atoms with Crippen LogP contribution in [-0.4, -0.2) is 10.9 Å². The average Bonchev–Trinajstić information content (AvgIpc) is 3.01. The summed E-state index contributed by atoms with van der Waals surface area (Å²) in [5, 5.41) is 3.99. The molecule has 4 heteroatoms. The molecule has 0 bridgehead atoms. The van der Waals surface area contributed by atoms with E-state index in [1.165, 1.54) is 4.88 Å². The molecule has 2 N–H and O–H groups in total. The second-order valence-electron chi connectivity index (χ2n) is 5.03. The molecule has 1 amide bonds. The van der Waals surface area contributed by atoms with Crippen molar-refractivity contribution < 1.29 is 4.79 Å². The molecule has 0 spiro atoms. The predicted octanol–water partition coefficient (Wildman–Crippen LogP) is 4.50. The maximum atomic E-state index is 11.9. The first-order valence-corrected chi connectivity index (χ1v) is 7.57. The number of aromatic amines is 1. The van der Waals surface area contributed by atoms with E-state index in [4.69, 9.17) is 0 Å². The Labute approximate surface area is 127 Å². The number of thiophene rings is 1. The summed E-state index contributed by atoms with van der Waals surface area (Å²) in [6.07, 6.45) is 3.41. The van der Waals surface area contributed by atoms with Gasteiger partial charge in [0.15, 0.2) is 0 Å². The third-order valence-corrected chi connectivity index (χ3v) is 4.15. The van der Waals surface area contributed by atoms with E-state index in [0.717, 1.165) is 27.2 Å². The molecule has 3 nitrogen and oxygen atoms in total. The second-order valence-corrected chi connectivity index (χ2v) is 6.34. The fourth-order valence-corrected chi connectivity index (χ4v) is 3.02. The zero-order valence-electron chi connectivity index (χ0n) is 11.9. The molecule has 106 valence electrons. The lowest BCUT2D eigenvalue weighted by Crippen LogP contribution is -2.07. The van der Waals surface area contributed by atoms with Gasteiger partial charge in [-0.1, -0.05) is 0 Å². The fraction of sp³-hybridized carbons (Fsp3) is 0.118. The zero-order chi connectivity index (χ0) is 14.8. The topological polar surface area (TPSA) is 44.9 Å². The van der Waals surface area contributed by atoms with Crippen LogP contribution < -0.4 is 5.32 Å². The molecule has 0 aliphatic heterocycles. The molecule has 0 fully saturated rings. The van der Waals surface area contributed by atoms with Crippen LogP contribution in [0.5, 0.6) is 0 Å². The van der Waals surface area contributed by atoms with Crippen LogP contribution in [0.2, 0.25) is 0 Å². The van der Waals surface area contributed by atoms with Crippen molar-refractivity contribution in [1.82, 2.24) is 4.98 Å². The summed E-state index contributed by atoms with van der Waals surface area (Å²) in [5.41, 5.74) is 3.00. The van der Waals surface area contributed by atoms with E-state index < -0.39 is 0 Å². The lowest BCUT2D eigenvalue weighted by Gasteiger charge is -2.01. The summed E-state index contributed by atoms with van der Waals surface area (Å²) in [4.78, 5) is 17.5. The number of carbonyl (C=O) groups is 1. The highest BCUT2D eigenvalue weighted by Crippen LogP contribution is 2.20. The molecular weight excluding hydrogens is 280 g/mol. The number of hydrogen-bond acceptors (Lipinski definition) is 2. The maximum absolute atomic E-state index is 11.9. The molecule has 1 aromatic carbocycles. The van der Waals surface area contributed by atoms with Crippen molar-refractivity contribution in [1.29, 1.82) is 0 Å². The lowest BCUT2D eigenvalue weighted by molar-refractivity contribution is -0.111. The Morgan fingerprint density at radius 2 is 2.05 bits per heavy atom. The number of rotatable bonds is 3. The van der Waals surface area contributed by atoms with Crippen molar-refractivity contribution in [2.75, 3.05) is 5.32 Å². The molecule has 0 aliphatic carbocycles. The van der Waals surface area contributed by atoms with E-state index in [1.54, 1.807) is 17.4 Å². The summed E-state index contributed by atoms with van der Waals surface area (Å²) in [7, 11) is 0. The van der Waals surface area contributed by atoms with Crippen LogP contribution in [0.25, 0.3) is 17.0 Å². The molecule has 0 saturated heterocycles. The van der Waals surface area contributed by atoms with Gasteiger partial charge in [0.1, 0.15) is 0 Å². The Morgan fingerprint density at radius 3 is 2.81 bits per heavy atom. The van der Waals surface area contributed by atoms with Gasteiger partial charge in [0.25, 0.3) is 0 Å². The Kier molecular flexibility index (Phi) is 3.62. The van der Waals surface area contributed by atoms with Crippen molar-refractivity contribution in [2.45, 2.75) is 13.8 Å². The fourth-order valence-electron chi connectivity index (χ4n) is 2.24. The van der Waals surface area contributed by atoms with Gasteiger partial charge in [-0.2, -0.15) is 0 Å². The van der Waals surface area contributed by atoms with E-state index in [1.807, 2.05) is 43.3 Å². The average molecular weight is 296 g/mol. The van der Waals surface area contributed by atoms with Crippen molar-refractivity contribution >= 4 is 39.9 Å². The van der Waals surface area contributed by atoms with Gasteiger partial charge in [0, 0.05) is 38.1 Å². The van der Waals surface area contributed by atoms with Gasteiger partial charge >= 0.3 is 0 Å². The normalized spacial score (nSPS) is 11.3. The third-order valence-electron chi connectivity index (χ3n) is 3.18. The number of benzene rings is 1. The largest absolute Gasteiger partial charge is 0.359 e. The number of H-pyrrole nitrogens is 1. The molecule has 2 aromatic heterocycles. The molecule has 0 atom stereocenters. The van der Waals surface area contributed by atoms with E-state index in [0.29, 0.717) is 0 Å². The van der Waals surface area contributed by atoms with E-state index in [2.05, 4.69) is 23.3 Å². The summed E-state index contributed by atoms with van der Waals surface area (Å²) in [5.74, 6) is -0.118. The third kappa shape index (κ3) is 3.23. The SMILES string of the molecule is Cc1cc2cc(NC(=O)C=Cc3ccc(C)s3)ccc2[nH]1. The molecule has 0 unspecified atom stereocenters. The Bertz CT molecular complexity index is 826. The highest BCUT2D eigenvalue weighted by atomic mass is 32.1. The first-order valence-electron chi connectivity index (χ1n) is 6.75. The molecule has 0 radical (unpaired) electrons. The summed E-state index contributed by atoms with van der Waals surface area (Å²) < 4.78 is 0.